The molecular formula is C9H18N2. The molecule has 0 saturated heterocycles. The lowest BCUT2D eigenvalue weighted by Crippen LogP contribution is -2.46. The number of unbranched alkanes of at least 4 members (excludes halogenated alkanes) is 1. The molecule has 1 aliphatic heterocycles. The van der Waals surface area contributed by atoms with Crippen molar-refractivity contribution in [2.75, 3.05) is 7.05 Å². The Bertz CT molecular complexity index is 154. The van der Waals surface area contributed by atoms with E-state index in [0.29, 0.717) is 0 Å². The van der Waals surface area contributed by atoms with Gasteiger partial charge < -0.3 is 10.2 Å². The summed E-state index contributed by atoms with van der Waals surface area (Å²) in [5, 5.41) is 3.36. The summed E-state index contributed by atoms with van der Waals surface area (Å²) >= 11 is 0. The van der Waals surface area contributed by atoms with Gasteiger partial charge in [0.15, 0.2) is 0 Å². The Morgan fingerprint density at radius 3 is 2.73 bits per heavy atom. The molecule has 0 fully saturated rings. The van der Waals surface area contributed by atoms with Crippen LogP contribution in [-0.2, 0) is 0 Å². The number of hydrogen-bond donors (Lipinski definition) is 1. The average Bonchev–Trinajstić information content (AvgIpc) is 2.30. The van der Waals surface area contributed by atoms with Crippen LogP contribution in [0.25, 0.3) is 0 Å². The molecule has 2 nitrogen and oxygen atoms in total. The van der Waals surface area contributed by atoms with Gasteiger partial charge in [-0.25, -0.2) is 0 Å². The first-order valence-corrected chi connectivity index (χ1v) is 4.36. The number of rotatable bonds is 3. The highest BCUT2D eigenvalue weighted by molar-refractivity contribution is 5.00. The van der Waals surface area contributed by atoms with Crippen molar-refractivity contribution < 1.29 is 0 Å². The van der Waals surface area contributed by atoms with Crippen molar-refractivity contribution in [2.45, 2.75) is 38.8 Å². The molecule has 0 aliphatic carbocycles. The maximum atomic E-state index is 3.36. The van der Waals surface area contributed by atoms with Crippen LogP contribution >= 0.6 is 0 Å². The van der Waals surface area contributed by atoms with Crippen LogP contribution < -0.4 is 5.32 Å². The standard InChI is InChI=1S/C9H18N2/c1-4-5-6-9(2)10-7-8-11(9)3/h7-8,10H,4-6H2,1-3H3. The maximum Gasteiger partial charge on any atom is 0.106 e. The molecule has 1 atom stereocenters. The SMILES string of the molecule is CCCCC1(C)NC=CN1C. The van der Waals surface area contributed by atoms with Gasteiger partial charge in [0.2, 0.25) is 0 Å². The normalized spacial score (nSPS) is 29.2. The fourth-order valence-corrected chi connectivity index (χ4v) is 1.36. The van der Waals surface area contributed by atoms with Crippen LogP contribution in [0.1, 0.15) is 33.1 Å². The third-order valence-electron chi connectivity index (χ3n) is 2.49. The highest BCUT2D eigenvalue weighted by Gasteiger charge is 2.28. The van der Waals surface area contributed by atoms with E-state index in [9.17, 15) is 0 Å². The molecule has 1 N–H and O–H groups in total. The Morgan fingerprint density at radius 2 is 2.27 bits per heavy atom. The minimum absolute atomic E-state index is 0.177. The summed E-state index contributed by atoms with van der Waals surface area (Å²) in [6.07, 6.45) is 7.89. The lowest BCUT2D eigenvalue weighted by Gasteiger charge is -2.33. The Balaban J connectivity index is 2.41. The van der Waals surface area contributed by atoms with Crippen molar-refractivity contribution in [1.82, 2.24) is 10.2 Å². The van der Waals surface area contributed by atoms with Gasteiger partial charge in [0.25, 0.3) is 0 Å². The van der Waals surface area contributed by atoms with E-state index in [0.717, 1.165) is 0 Å². The Morgan fingerprint density at radius 1 is 1.55 bits per heavy atom. The Hall–Kier alpha value is -0.660. The molecule has 0 spiro atoms. The Kier molecular flexibility index (Phi) is 2.42. The van der Waals surface area contributed by atoms with E-state index >= 15 is 0 Å². The van der Waals surface area contributed by atoms with Crippen molar-refractivity contribution in [1.29, 1.82) is 0 Å². The molecule has 0 aromatic carbocycles. The molecule has 0 saturated carbocycles. The van der Waals surface area contributed by atoms with Crippen LogP contribution in [0.2, 0.25) is 0 Å². The molecule has 11 heavy (non-hydrogen) atoms. The monoisotopic (exact) mass is 154 g/mol. The van der Waals surface area contributed by atoms with E-state index < -0.39 is 0 Å². The largest absolute Gasteiger partial charge is 0.368 e. The summed E-state index contributed by atoms with van der Waals surface area (Å²) in [5.41, 5.74) is 0.177. The zero-order chi connectivity index (χ0) is 8.32. The maximum absolute atomic E-state index is 3.36. The molecule has 0 amide bonds. The third-order valence-corrected chi connectivity index (χ3v) is 2.49. The second kappa shape index (κ2) is 3.16. The zero-order valence-electron chi connectivity index (χ0n) is 7.72. The molecule has 64 valence electrons. The molecule has 0 aromatic rings. The van der Waals surface area contributed by atoms with Crippen LogP contribution in [0, 0.1) is 0 Å². The number of nitrogens with zero attached hydrogens (tertiary/aromatic N) is 1. The van der Waals surface area contributed by atoms with Gasteiger partial charge in [0.05, 0.1) is 0 Å². The molecule has 1 rings (SSSR count). The molecular weight excluding hydrogens is 136 g/mol. The van der Waals surface area contributed by atoms with Crippen molar-refractivity contribution in [2.24, 2.45) is 0 Å². The van der Waals surface area contributed by atoms with Crippen molar-refractivity contribution in [3.8, 4) is 0 Å². The lowest BCUT2D eigenvalue weighted by atomic mass is 10.0. The average molecular weight is 154 g/mol. The topological polar surface area (TPSA) is 15.3 Å². The van der Waals surface area contributed by atoms with Crippen LogP contribution in [-0.4, -0.2) is 17.6 Å². The molecule has 0 aromatic heterocycles. The Labute approximate surface area is 69.3 Å². The summed E-state index contributed by atoms with van der Waals surface area (Å²) in [6.45, 7) is 4.47. The predicted octanol–water partition coefficient (Wildman–Crippen LogP) is 1.90. The second-order valence-corrected chi connectivity index (χ2v) is 3.45. The van der Waals surface area contributed by atoms with Gasteiger partial charge in [-0.05, 0) is 19.8 Å². The van der Waals surface area contributed by atoms with E-state index in [1.807, 2.05) is 6.20 Å². The van der Waals surface area contributed by atoms with Crippen LogP contribution in [0.5, 0.6) is 0 Å². The smallest absolute Gasteiger partial charge is 0.106 e. The summed E-state index contributed by atoms with van der Waals surface area (Å²) in [7, 11) is 2.12. The first-order chi connectivity index (χ1) is 5.19. The van der Waals surface area contributed by atoms with Crippen molar-refractivity contribution in [3.63, 3.8) is 0 Å². The van der Waals surface area contributed by atoms with Gasteiger partial charge in [-0.15, -0.1) is 0 Å². The summed E-state index contributed by atoms with van der Waals surface area (Å²) < 4.78 is 0. The predicted molar refractivity (Wildman–Crippen MR) is 48.0 cm³/mol. The van der Waals surface area contributed by atoms with E-state index in [1.54, 1.807) is 0 Å². The molecule has 1 heterocycles. The summed E-state index contributed by atoms with van der Waals surface area (Å²) in [5.74, 6) is 0. The number of hydrogen-bond acceptors (Lipinski definition) is 2. The highest BCUT2D eigenvalue weighted by atomic mass is 15.3. The molecule has 1 unspecified atom stereocenters. The van der Waals surface area contributed by atoms with E-state index in [1.165, 1.54) is 19.3 Å². The first kappa shape index (κ1) is 8.44. The van der Waals surface area contributed by atoms with Gasteiger partial charge in [-0.1, -0.05) is 13.3 Å². The summed E-state index contributed by atoms with van der Waals surface area (Å²) in [4.78, 5) is 2.24. The zero-order valence-corrected chi connectivity index (χ0v) is 7.72. The van der Waals surface area contributed by atoms with Gasteiger partial charge in [-0.3, -0.25) is 0 Å². The van der Waals surface area contributed by atoms with Crippen molar-refractivity contribution in [3.05, 3.63) is 12.4 Å². The molecule has 2 heteroatoms. The first-order valence-electron chi connectivity index (χ1n) is 4.36. The van der Waals surface area contributed by atoms with E-state index in [-0.39, 0.29) is 5.66 Å². The fraction of sp³-hybridized carbons (Fsp3) is 0.778. The molecule has 0 bridgehead atoms. The highest BCUT2D eigenvalue weighted by Crippen LogP contribution is 2.21. The molecule has 0 radical (unpaired) electrons. The molecule has 1 aliphatic rings. The lowest BCUT2D eigenvalue weighted by molar-refractivity contribution is 0.179. The van der Waals surface area contributed by atoms with E-state index in [2.05, 4.69) is 37.3 Å². The fourth-order valence-electron chi connectivity index (χ4n) is 1.36. The van der Waals surface area contributed by atoms with Crippen molar-refractivity contribution >= 4 is 0 Å². The van der Waals surface area contributed by atoms with E-state index in [4.69, 9.17) is 0 Å². The van der Waals surface area contributed by atoms with Gasteiger partial charge in [0.1, 0.15) is 5.66 Å². The van der Waals surface area contributed by atoms with Crippen LogP contribution in [0.3, 0.4) is 0 Å². The van der Waals surface area contributed by atoms with Crippen LogP contribution in [0.4, 0.5) is 0 Å². The second-order valence-electron chi connectivity index (χ2n) is 3.45. The summed E-state index contributed by atoms with van der Waals surface area (Å²) in [6, 6.07) is 0. The van der Waals surface area contributed by atoms with Crippen LogP contribution in [0.15, 0.2) is 12.4 Å². The van der Waals surface area contributed by atoms with Gasteiger partial charge >= 0.3 is 0 Å². The minimum Gasteiger partial charge on any atom is -0.368 e. The quantitative estimate of drug-likeness (QED) is 0.668. The van der Waals surface area contributed by atoms with Gasteiger partial charge in [-0.2, -0.15) is 0 Å². The van der Waals surface area contributed by atoms with Gasteiger partial charge in [0, 0.05) is 19.4 Å². The third kappa shape index (κ3) is 1.67. The number of nitrogens with one attached hydrogen (secondary N) is 1. The minimum atomic E-state index is 0.177.